The van der Waals surface area contributed by atoms with Crippen LogP contribution in [0.3, 0.4) is 0 Å². The van der Waals surface area contributed by atoms with Gasteiger partial charge in [0.1, 0.15) is 0 Å². The molecular weight excluding hydrogens is 316 g/mol. The van der Waals surface area contributed by atoms with Crippen LogP contribution in [0.4, 0.5) is 0 Å². The predicted octanol–water partition coefficient (Wildman–Crippen LogP) is 4.24. The zero-order valence-electron chi connectivity index (χ0n) is 14.4. The van der Waals surface area contributed by atoms with Crippen molar-refractivity contribution in [2.45, 2.75) is 38.1 Å². The Bertz CT molecular complexity index is 617. The highest BCUT2D eigenvalue weighted by Gasteiger charge is 2.26. The van der Waals surface area contributed by atoms with E-state index in [1.807, 2.05) is 6.07 Å². The second kappa shape index (κ2) is 8.67. The van der Waals surface area contributed by atoms with Crippen molar-refractivity contribution < 1.29 is 4.74 Å². The van der Waals surface area contributed by atoms with Crippen LogP contribution in [-0.4, -0.2) is 18.9 Å². The van der Waals surface area contributed by atoms with Gasteiger partial charge in [0, 0.05) is 18.6 Å². The molecule has 2 aromatic rings. The largest absolute Gasteiger partial charge is 0.372 e. The van der Waals surface area contributed by atoms with Gasteiger partial charge >= 0.3 is 0 Å². The molecular formula is C20H26N2OS. The predicted molar refractivity (Wildman–Crippen MR) is 102 cm³/mol. The first-order valence-corrected chi connectivity index (χ1v) is 9.76. The number of rotatable bonds is 7. The average Bonchev–Trinajstić information content (AvgIpc) is 3.10. The van der Waals surface area contributed by atoms with E-state index in [1.165, 1.54) is 16.7 Å². The maximum Gasteiger partial charge on any atom is 0.0841 e. The number of hydrogen-bond donors (Lipinski definition) is 2. The van der Waals surface area contributed by atoms with Crippen LogP contribution in [0.1, 0.15) is 42.2 Å². The molecule has 3 nitrogen and oxygen atoms in total. The van der Waals surface area contributed by atoms with Gasteiger partial charge in [-0.05, 0) is 36.3 Å². The van der Waals surface area contributed by atoms with Gasteiger partial charge < -0.3 is 10.1 Å². The van der Waals surface area contributed by atoms with Gasteiger partial charge in [-0.3, -0.25) is 4.72 Å². The zero-order chi connectivity index (χ0) is 16.8. The lowest BCUT2D eigenvalue weighted by Gasteiger charge is -2.14. The molecule has 1 heterocycles. The molecule has 1 aliphatic heterocycles. The Morgan fingerprint density at radius 3 is 2.58 bits per heavy atom. The van der Waals surface area contributed by atoms with Crippen molar-refractivity contribution in [1.82, 2.24) is 10.0 Å². The highest BCUT2D eigenvalue weighted by Crippen LogP contribution is 2.28. The quantitative estimate of drug-likeness (QED) is 0.738. The van der Waals surface area contributed by atoms with Crippen LogP contribution in [0.5, 0.6) is 0 Å². The molecule has 24 heavy (non-hydrogen) atoms. The van der Waals surface area contributed by atoms with Gasteiger partial charge in [0.2, 0.25) is 0 Å². The topological polar surface area (TPSA) is 33.3 Å². The molecule has 0 amide bonds. The van der Waals surface area contributed by atoms with Crippen molar-refractivity contribution in [1.29, 1.82) is 0 Å². The van der Waals surface area contributed by atoms with Gasteiger partial charge in [-0.15, -0.1) is 0 Å². The van der Waals surface area contributed by atoms with E-state index in [1.54, 1.807) is 11.9 Å². The summed E-state index contributed by atoms with van der Waals surface area (Å²) in [5.74, 6) is 0. The van der Waals surface area contributed by atoms with Crippen LogP contribution < -0.4 is 10.0 Å². The van der Waals surface area contributed by atoms with Crippen LogP contribution >= 0.6 is 11.9 Å². The summed E-state index contributed by atoms with van der Waals surface area (Å²) in [6.07, 6.45) is 3.32. The van der Waals surface area contributed by atoms with Crippen LogP contribution in [0.15, 0.2) is 54.6 Å². The van der Waals surface area contributed by atoms with Crippen LogP contribution in [0.25, 0.3) is 0 Å². The minimum absolute atomic E-state index is 0.226. The first-order valence-electron chi connectivity index (χ1n) is 8.53. The third kappa shape index (κ3) is 4.61. The first kappa shape index (κ1) is 17.5. The fourth-order valence-electron chi connectivity index (χ4n) is 3.10. The number of ether oxygens (including phenoxy) is 1. The standard InChI is InChI=1S/C20H26N2OS/c1-15(22-24-2)17-10-8-16(9-11-17)13-21-19-12-20(23-14-19)18-6-4-3-5-7-18/h3-11,15,19-22H,12-14H2,1-2H3/t15-,19?,20?/m1/s1. The third-order valence-corrected chi connectivity index (χ3v) is 5.13. The summed E-state index contributed by atoms with van der Waals surface area (Å²) >= 11 is 1.66. The number of hydrogen-bond acceptors (Lipinski definition) is 4. The van der Waals surface area contributed by atoms with Gasteiger partial charge in [-0.2, -0.15) is 0 Å². The molecule has 128 valence electrons. The smallest absolute Gasteiger partial charge is 0.0841 e. The van der Waals surface area contributed by atoms with E-state index in [0.717, 1.165) is 19.6 Å². The first-order chi connectivity index (χ1) is 11.8. The van der Waals surface area contributed by atoms with Crippen molar-refractivity contribution in [3.8, 4) is 0 Å². The summed E-state index contributed by atoms with van der Waals surface area (Å²) in [4.78, 5) is 0. The Morgan fingerprint density at radius 2 is 1.88 bits per heavy atom. The summed E-state index contributed by atoms with van der Waals surface area (Å²) < 4.78 is 9.31. The van der Waals surface area contributed by atoms with Gasteiger partial charge in [0.25, 0.3) is 0 Å². The molecule has 3 atom stereocenters. The third-order valence-electron chi connectivity index (χ3n) is 4.54. The average molecular weight is 343 g/mol. The second-order valence-corrected chi connectivity index (χ2v) is 6.98. The van der Waals surface area contributed by atoms with E-state index in [9.17, 15) is 0 Å². The van der Waals surface area contributed by atoms with E-state index in [0.29, 0.717) is 12.1 Å². The van der Waals surface area contributed by atoms with Gasteiger partial charge in [0.15, 0.2) is 0 Å². The highest BCUT2D eigenvalue weighted by molar-refractivity contribution is 7.96. The second-order valence-electron chi connectivity index (χ2n) is 6.33. The molecule has 1 saturated heterocycles. The lowest BCUT2D eigenvalue weighted by molar-refractivity contribution is 0.109. The van der Waals surface area contributed by atoms with E-state index < -0.39 is 0 Å². The fraction of sp³-hybridized carbons (Fsp3) is 0.400. The van der Waals surface area contributed by atoms with E-state index in [-0.39, 0.29) is 6.10 Å². The molecule has 0 aliphatic carbocycles. The van der Waals surface area contributed by atoms with Crippen LogP contribution in [-0.2, 0) is 11.3 Å². The monoisotopic (exact) mass is 342 g/mol. The van der Waals surface area contributed by atoms with Gasteiger partial charge in [-0.1, -0.05) is 66.5 Å². The van der Waals surface area contributed by atoms with Crippen molar-refractivity contribution in [3.63, 3.8) is 0 Å². The van der Waals surface area contributed by atoms with E-state index in [4.69, 9.17) is 4.74 Å². The number of nitrogens with one attached hydrogen (secondary N) is 2. The van der Waals surface area contributed by atoms with Gasteiger partial charge in [0.05, 0.1) is 12.7 Å². The molecule has 0 aromatic heterocycles. The normalized spacial score (nSPS) is 21.8. The number of benzene rings is 2. The molecule has 3 rings (SSSR count). The Morgan fingerprint density at radius 1 is 1.12 bits per heavy atom. The minimum atomic E-state index is 0.226. The summed E-state index contributed by atoms with van der Waals surface area (Å²) in [5.41, 5.74) is 3.92. The lowest BCUT2D eigenvalue weighted by Crippen LogP contribution is -2.28. The Kier molecular flexibility index (Phi) is 6.32. The summed E-state index contributed by atoms with van der Waals surface area (Å²) in [7, 11) is 0. The summed E-state index contributed by atoms with van der Waals surface area (Å²) in [6.45, 7) is 3.86. The highest BCUT2D eigenvalue weighted by atomic mass is 32.2. The Balaban J connectivity index is 1.48. The van der Waals surface area contributed by atoms with Crippen LogP contribution in [0.2, 0.25) is 0 Å². The Labute approximate surface area is 149 Å². The van der Waals surface area contributed by atoms with Crippen molar-refractivity contribution in [2.75, 3.05) is 12.9 Å². The summed E-state index contributed by atoms with van der Waals surface area (Å²) in [6, 6.07) is 20.1. The van der Waals surface area contributed by atoms with E-state index >= 15 is 0 Å². The molecule has 0 bridgehead atoms. The molecule has 0 radical (unpaired) electrons. The molecule has 2 aromatic carbocycles. The van der Waals surface area contributed by atoms with Crippen molar-refractivity contribution >= 4 is 11.9 Å². The van der Waals surface area contributed by atoms with Crippen molar-refractivity contribution in [2.24, 2.45) is 0 Å². The molecule has 4 heteroatoms. The molecule has 0 saturated carbocycles. The molecule has 1 aliphatic rings. The minimum Gasteiger partial charge on any atom is -0.372 e. The molecule has 2 N–H and O–H groups in total. The Hall–Kier alpha value is -1.33. The van der Waals surface area contributed by atoms with E-state index in [2.05, 4.69) is 71.7 Å². The van der Waals surface area contributed by atoms with Crippen molar-refractivity contribution in [3.05, 3.63) is 71.3 Å². The molecule has 1 fully saturated rings. The van der Waals surface area contributed by atoms with Gasteiger partial charge in [-0.25, -0.2) is 0 Å². The maximum atomic E-state index is 5.94. The summed E-state index contributed by atoms with van der Waals surface area (Å²) in [5, 5.41) is 3.63. The molecule has 0 spiro atoms. The van der Waals surface area contributed by atoms with Crippen LogP contribution in [0, 0.1) is 0 Å². The maximum absolute atomic E-state index is 5.94. The zero-order valence-corrected chi connectivity index (χ0v) is 15.2. The lowest BCUT2D eigenvalue weighted by atomic mass is 10.0. The molecule has 2 unspecified atom stereocenters. The SMILES string of the molecule is CSN[C@H](C)c1ccc(CNC2COC(c3ccccc3)C2)cc1. The fourth-order valence-corrected chi connectivity index (χ4v) is 3.59.